The molecule has 126 valence electrons. The van der Waals surface area contributed by atoms with E-state index in [-0.39, 0.29) is 5.56 Å². The topological polar surface area (TPSA) is 20.3 Å². The van der Waals surface area contributed by atoms with Crippen molar-refractivity contribution in [2.75, 3.05) is 12.3 Å². The number of hydrogen-bond donors (Lipinski definition) is 0. The Balaban J connectivity index is 1.89. The molecule has 0 saturated carbocycles. The molecule has 0 aromatic heterocycles. The van der Waals surface area contributed by atoms with Crippen molar-refractivity contribution in [2.45, 2.75) is 11.6 Å². The Hall–Kier alpha value is -2.02. The van der Waals surface area contributed by atoms with Crippen LogP contribution in [-0.4, -0.2) is 23.1 Å². The summed E-state index contributed by atoms with van der Waals surface area (Å²) >= 11 is 1.46. The van der Waals surface area contributed by atoms with Gasteiger partial charge in [-0.2, -0.15) is 13.2 Å². The second-order valence-corrected chi connectivity index (χ2v) is 6.54. The number of carbonyl (C=O) groups excluding carboxylic acids is 1. The smallest absolute Gasteiger partial charge is 0.322 e. The van der Waals surface area contributed by atoms with E-state index in [1.54, 1.807) is 12.1 Å². The number of halogens is 4. The average Bonchev–Trinajstić information content (AvgIpc) is 3.03. The Labute approximate surface area is 140 Å². The van der Waals surface area contributed by atoms with Gasteiger partial charge in [0, 0.05) is 17.9 Å². The van der Waals surface area contributed by atoms with E-state index in [1.165, 1.54) is 40.9 Å². The van der Waals surface area contributed by atoms with Gasteiger partial charge in [-0.3, -0.25) is 4.79 Å². The highest BCUT2D eigenvalue weighted by molar-refractivity contribution is 7.99. The quantitative estimate of drug-likeness (QED) is 0.726. The Morgan fingerprint density at radius 3 is 2.58 bits per heavy atom. The van der Waals surface area contributed by atoms with E-state index >= 15 is 0 Å². The molecule has 0 spiro atoms. The van der Waals surface area contributed by atoms with E-state index in [0.29, 0.717) is 17.9 Å². The van der Waals surface area contributed by atoms with Crippen LogP contribution in [0.1, 0.15) is 26.9 Å². The van der Waals surface area contributed by atoms with E-state index in [0.717, 1.165) is 12.1 Å². The molecule has 0 aliphatic carbocycles. The number of rotatable bonds is 2. The summed E-state index contributed by atoms with van der Waals surface area (Å²) in [7, 11) is 0. The van der Waals surface area contributed by atoms with Gasteiger partial charge in [0.2, 0.25) is 0 Å². The fourth-order valence-electron chi connectivity index (χ4n) is 2.61. The van der Waals surface area contributed by atoms with Crippen molar-refractivity contribution >= 4 is 17.7 Å². The second kappa shape index (κ2) is 6.47. The first kappa shape index (κ1) is 16.8. The van der Waals surface area contributed by atoms with Gasteiger partial charge < -0.3 is 4.90 Å². The molecule has 24 heavy (non-hydrogen) atoms. The molecule has 0 N–H and O–H groups in total. The maximum absolute atomic E-state index is 13.4. The van der Waals surface area contributed by atoms with Gasteiger partial charge in [0.15, 0.2) is 0 Å². The zero-order valence-corrected chi connectivity index (χ0v) is 13.2. The molecule has 1 saturated heterocycles. The van der Waals surface area contributed by atoms with Crippen molar-refractivity contribution in [3.05, 3.63) is 71.0 Å². The predicted molar refractivity (Wildman–Crippen MR) is 84.1 cm³/mol. The number of benzene rings is 2. The van der Waals surface area contributed by atoms with Crippen molar-refractivity contribution in [1.82, 2.24) is 4.90 Å². The molecule has 0 bridgehead atoms. The molecule has 3 rings (SSSR count). The molecule has 1 aliphatic heterocycles. The summed E-state index contributed by atoms with van der Waals surface area (Å²) in [6.45, 7) is 0.404. The van der Waals surface area contributed by atoms with Crippen LogP contribution < -0.4 is 0 Å². The van der Waals surface area contributed by atoms with E-state index in [2.05, 4.69) is 0 Å². The van der Waals surface area contributed by atoms with Gasteiger partial charge in [-0.25, -0.2) is 4.39 Å². The lowest BCUT2D eigenvalue weighted by Gasteiger charge is -2.24. The van der Waals surface area contributed by atoms with Gasteiger partial charge in [-0.1, -0.05) is 18.2 Å². The fourth-order valence-corrected chi connectivity index (χ4v) is 3.85. The molecule has 1 fully saturated rings. The highest BCUT2D eigenvalue weighted by Crippen LogP contribution is 2.39. The Morgan fingerprint density at radius 2 is 1.88 bits per heavy atom. The average molecular weight is 355 g/mol. The molecular formula is C17H13F4NOS. The van der Waals surface area contributed by atoms with Gasteiger partial charge in [0.1, 0.15) is 11.2 Å². The molecule has 7 heteroatoms. The van der Waals surface area contributed by atoms with Gasteiger partial charge >= 0.3 is 6.18 Å². The molecular weight excluding hydrogens is 342 g/mol. The summed E-state index contributed by atoms with van der Waals surface area (Å²) in [5, 5.41) is -0.400. The van der Waals surface area contributed by atoms with Crippen LogP contribution in [0.2, 0.25) is 0 Å². The van der Waals surface area contributed by atoms with E-state index < -0.39 is 28.8 Å². The van der Waals surface area contributed by atoms with Crippen molar-refractivity contribution in [1.29, 1.82) is 0 Å². The van der Waals surface area contributed by atoms with Gasteiger partial charge in [-0.15, -0.1) is 11.8 Å². The molecule has 2 aromatic carbocycles. The largest absolute Gasteiger partial charge is 0.416 e. The maximum atomic E-state index is 13.4. The number of hydrogen-bond acceptors (Lipinski definition) is 2. The summed E-state index contributed by atoms with van der Waals surface area (Å²) in [4.78, 5) is 14.1. The van der Waals surface area contributed by atoms with Gasteiger partial charge in [0.05, 0.1) is 5.56 Å². The zero-order valence-electron chi connectivity index (χ0n) is 12.4. The number of carbonyl (C=O) groups is 1. The lowest BCUT2D eigenvalue weighted by atomic mass is 10.1. The van der Waals surface area contributed by atoms with Crippen molar-refractivity contribution < 1.29 is 22.4 Å². The van der Waals surface area contributed by atoms with Crippen molar-refractivity contribution in [3.8, 4) is 0 Å². The van der Waals surface area contributed by atoms with Crippen LogP contribution in [0.15, 0.2) is 48.5 Å². The first-order valence-corrected chi connectivity index (χ1v) is 8.26. The first-order valence-electron chi connectivity index (χ1n) is 7.21. The van der Waals surface area contributed by atoms with Gasteiger partial charge in [-0.05, 0) is 35.9 Å². The molecule has 1 amide bonds. The highest BCUT2D eigenvalue weighted by atomic mass is 32.2. The monoisotopic (exact) mass is 355 g/mol. The summed E-state index contributed by atoms with van der Waals surface area (Å²) in [6.07, 6.45) is -4.50. The van der Waals surface area contributed by atoms with Crippen molar-refractivity contribution in [3.63, 3.8) is 0 Å². The normalized spacial score (nSPS) is 18.0. The second-order valence-electron chi connectivity index (χ2n) is 5.36. The molecule has 0 unspecified atom stereocenters. The minimum Gasteiger partial charge on any atom is -0.322 e. The van der Waals surface area contributed by atoms with Gasteiger partial charge in [0.25, 0.3) is 5.91 Å². The van der Waals surface area contributed by atoms with E-state index in [4.69, 9.17) is 0 Å². The molecule has 2 nitrogen and oxygen atoms in total. The Kier molecular flexibility index (Phi) is 4.54. The number of thioether (sulfide) groups is 1. The van der Waals surface area contributed by atoms with E-state index in [1.807, 2.05) is 0 Å². The minimum atomic E-state index is -4.50. The summed E-state index contributed by atoms with van der Waals surface area (Å²) in [6, 6.07) is 10.3. The SMILES string of the molecule is O=C(c1cccc(C(F)(F)F)c1)N1CCS[C@H]1c1cccc(F)c1. The number of nitrogens with zero attached hydrogens (tertiary/aromatic N) is 1. The van der Waals surface area contributed by atoms with Crippen LogP contribution in [0.5, 0.6) is 0 Å². The summed E-state index contributed by atoms with van der Waals surface area (Å²) in [5.74, 6) is -0.252. The minimum absolute atomic E-state index is 0.0197. The lowest BCUT2D eigenvalue weighted by molar-refractivity contribution is -0.137. The third-order valence-electron chi connectivity index (χ3n) is 3.72. The summed E-state index contributed by atoms with van der Waals surface area (Å²) in [5.41, 5.74) is -0.256. The molecule has 0 radical (unpaired) electrons. The third-order valence-corrected chi connectivity index (χ3v) is 4.98. The van der Waals surface area contributed by atoms with Crippen LogP contribution in [0, 0.1) is 5.82 Å². The van der Waals surface area contributed by atoms with Crippen molar-refractivity contribution in [2.24, 2.45) is 0 Å². The number of alkyl halides is 3. The van der Waals surface area contributed by atoms with E-state index in [9.17, 15) is 22.4 Å². The van der Waals surface area contributed by atoms with Crippen LogP contribution in [0.4, 0.5) is 17.6 Å². The van der Waals surface area contributed by atoms with Crippen LogP contribution in [0.25, 0.3) is 0 Å². The van der Waals surface area contributed by atoms with Crippen LogP contribution in [-0.2, 0) is 6.18 Å². The third kappa shape index (κ3) is 3.40. The van der Waals surface area contributed by atoms with Crippen LogP contribution >= 0.6 is 11.8 Å². The predicted octanol–water partition coefficient (Wildman–Crippen LogP) is 4.73. The fraction of sp³-hybridized carbons (Fsp3) is 0.235. The molecule has 2 aromatic rings. The zero-order chi connectivity index (χ0) is 17.3. The maximum Gasteiger partial charge on any atom is 0.416 e. The lowest BCUT2D eigenvalue weighted by Crippen LogP contribution is -2.30. The molecule has 1 heterocycles. The molecule has 1 aliphatic rings. The van der Waals surface area contributed by atoms with Crippen LogP contribution in [0.3, 0.4) is 0 Å². The molecule has 1 atom stereocenters. The Morgan fingerprint density at radius 1 is 1.12 bits per heavy atom. The summed E-state index contributed by atoms with van der Waals surface area (Å²) < 4.78 is 51.9. The first-order chi connectivity index (χ1) is 11.4. The standard InChI is InChI=1S/C17H13F4NOS/c18-14-6-2-4-12(10-14)16-22(7-8-24-16)15(23)11-3-1-5-13(9-11)17(19,20)21/h1-6,9-10,16H,7-8H2/t16-/m0/s1. The Bertz CT molecular complexity index is 762. The number of amides is 1. The highest BCUT2D eigenvalue weighted by Gasteiger charge is 2.34.